The van der Waals surface area contributed by atoms with Crippen LogP contribution in [0, 0.1) is 0 Å². The van der Waals surface area contributed by atoms with Crippen LogP contribution in [0.15, 0.2) is 42.5 Å². The van der Waals surface area contributed by atoms with Crippen molar-refractivity contribution in [3.63, 3.8) is 0 Å². The molecule has 1 aliphatic rings. The summed E-state index contributed by atoms with van der Waals surface area (Å²) in [4.78, 5) is 0. The first-order valence-corrected chi connectivity index (χ1v) is 10.2. The van der Waals surface area contributed by atoms with Crippen molar-refractivity contribution in [3.8, 4) is 5.75 Å². The van der Waals surface area contributed by atoms with Crippen LogP contribution in [-0.2, 0) is 11.2 Å². The van der Waals surface area contributed by atoms with Crippen LogP contribution in [0.5, 0.6) is 5.75 Å². The van der Waals surface area contributed by atoms with Gasteiger partial charge in [0, 0.05) is 12.1 Å². The molecule has 0 saturated carbocycles. The molecule has 10 heteroatoms. The van der Waals surface area contributed by atoms with Crippen LogP contribution in [0.4, 0.5) is 8.78 Å². The molecular weight excluding hydrogens is 450 g/mol. The third-order valence-corrected chi connectivity index (χ3v) is 5.35. The first kappa shape index (κ1) is 26.4. The minimum Gasteiger partial charge on any atom is -0.488 e. The van der Waals surface area contributed by atoms with Gasteiger partial charge >= 0.3 is 0 Å². The van der Waals surface area contributed by atoms with Gasteiger partial charge in [0.25, 0.3) is 6.43 Å². The minimum absolute atomic E-state index is 0.334. The first-order valence-electron chi connectivity index (χ1n) is 9.83. The number of ether oxygens (including phenoxy) is 2. The van der Waals surface area contributed by atoms with Crippen LogP contribution in [0.3, 0.4) is 0 Å². The molecule has 5 N–H and O–H groups in total. The second-order valence-corrected chi connectivity index (χ2v) is 7.53. The largest absolute Gasteiger partial charge is 0.488 e. The highest BCUT2D eigenvalue weighted by Gasteiger charge is 2.44. The van der Waals surface area contributed by atoms with Crippen LogP contribution in [0.2, 0.25) is 5.02 Å². The lowest BCUT2D eigenvalue weighted by atomic mass is 9.90. The monoisotopic (exact) mass is 476 g/mol. The maximum Gasteiger partial charge on any atom is 0.272 e. The average Bonchev–Trinajstić information content (AvgIpc) is 2.80. The molecule has 2 aromatic carbocycles. The van der Waals surface area contributed by atoms with Crippen molar-refractivity contribution in [1.82, 2.24) is 0 Å². The molecule has 1 fully saturated rings. The Balaban J connectivity index is 0.00000176. The van der Waals surface area contributed by atoms with Crippen molar-refractivity contribution in [3.05, 3.63) is 64.2 Å². The highest BCUT2D eigenvalue weighted by Crippen LogP contribution is 2.34. The number of alkyl halides is 2. The number of benzene rings is 2. The second-order valence-electron chi connectivity index (χ2n) is 7.12. The quantitative estimate of drug-likeness (QED) is 0.412. The number of hydrogen-bond donors (Lipinski definition) is 5. The molecule has 0 amide bonds. The van der Waals surface area contributed by atoms with E-state index in [1.54, 1.807) is 42.5 Å². The molecular formula is C22H27ClF2O7. The van der Waals surface area contributed by atoms with Gasteiger partial charge in [0.2, 0.25) is 0 Å². The summed E-state index contributed by atoms with van der Waals surface area (Å²) < 4.78 is 35.0. The lowest BCUT2D eigenvalue weighted by Gasteiger charge is -2.40. The van der Waals surface area contributed by atoms with Gasteiger partial charge in [0.05, 0.1) is 6.61 Å². The van der Waals surface area contributed by atoms with Crippen LogP contribution >= 0.6 is 11.6 Å². The Labute approximate surface area is 189 Å². The van der Waals surface area contributed by atoms with E-state index in [4.69, 9.17) is 26.2 Å². The Bertz CT molecular complexity index is 836. The molecule has 2 aromatic rings. The Hall–Kier alpha value is -1.85. The van der Waals surface area contributed by atoms with Crippen molar-refractivity contribution in [2.75, 3.05) is 20.3 Å². The summed E-state index contributed by atoms with van der Waals surface area (Å²) in [7, 11) is 1.00. The maximum atomic E-state index is 12.2. The van der Waals surface area contributed by atoms with Crippen molar-refractivity contribution >= 4 is 11.6 Å². The van der Waals surface area contributed by atoms with Gasteiger partial charge in [-0.3, -0.25) is 0 Å². The second kappa shape index (κ2) is 12.4. The van der Waals surface area contributed by atoms with E-state index >= 15 is 0 Å². The molecule has 7 nitrogen and oxygen atoms in total. The molecule has 1 saturated heterocycles. The standard InChI is InChI=1S/C21H23ClF2O6.CH4O/c22-15-6-3-12(21-20(28)19(27)18(26)16(9-25)30-21)8-13(15)7-11-1-4-14(5-2-11)29-10-17(23)24;1-2/h1-6,8,16-21,25-28H,7,9-10H2;2H,1H3/t16?,18-,19?,20-,21?;/m1./s1. The van der Waals surface area contributed by atoms with Crippen molar-refractivity contribution in [1.29, 1.82) is 0 Å². The minimum atomic E-state index is -2.55. The molecule has 0 aromatic heterocycles. The highest BCUT2D eigenvalue weighted by molar-refractivity contribution is 6.31. The molecule has 178 valence electrons. The third-order valence-electron chi connectivity index (χ3n) is 4.98. The zero-order valence-electron chi connectivity index (χ0n) is 17.3. The number of hydrogen-bond acceptors (Lipinski definition) is 7. The lowest BCUT2D eigenvalue weighted by Crippen LogP contribution is -2.55. The van der Waals surface area contributed by atoms with E-state index in [2.05, 4.69) is 0 Å². The molecule has 0 radical (unpaired) electrons. The van der Waals surface area contributed by atoms with E-state index in [0.717, 1.165) is 12.7 Å². The number of aliphatic hydroxyl groups is 5. The van der Waals surface area contributed by atoms with Gasteiger partial charge in [-0.15, -0.1) is 0 Å². The zero-order chi connectivity index (χ0) is 23.8. The molecule has 3 unspecified atom stereocenters. The Kier molecular flexibility index (Phi) is 10.2. The van der Waals surface area contributed by atoms with Crippen LogP contribution < -0.4 is 4.74 Å². The highest BCUT2D eigenvalue weighted by atomic mass is 35.5. The van der Waals surface area contributed by atoms with Gasteiger partial charge in [-0.25, -0.2) is 8.78 Å². The van der Waals surface area contributed by atoms with Gasteiger partial charge in [-0.05, 0) is 41.3 Å². The van der Waals surface area contributed by atoms with E-state index in [1.807, 2.05) is 0 Å². The first-order chi connectivity index (χ1) is 15.3. The topological polar surface area (TPSA) is 120 Å². The fourth-order valence-corrected chi connectivity index (χ4v) is 3.55. The summed E-state index contributed by atoms with van der Waals surface area (Å²) in [5.41, 5.74) is 2.10. The van der Waals surface area contributed by atoms with Gasteiger partial charge < -0.3 is 35.0 Å². The zero-order valence-corrected chi connectivity index (χ0v) is 18.1. The molecule has 5 atom stereocenters. The summed E-state index contributed by atoms with van der Waals surface area (Å²) in [5, 5.41) is 47.1. The van der Waals surface area contributed by atoms with Crippen molar-refractivity contribution < 1.29 is 43.8 Å². The van der Waals surface area contributed by atoms with Gasteiger partial charge in [-0.1, -0.05) is 35.9 Å². The van der Waals surface area contributed by atoms with E-state index in [9.17, 15) is 29.2 Å². The molecule has 0 bridgehead atoms. The third kappa shape index (κ3) is 6.58. The number of aliphatic hydroxyl groups excluding tert-OH is 5. The van der Waals surface area contributed by atoms with E-state index in [0.29, 0.717) is 28.3 Å². The van der Waals surface area contributed by atoms with Crippen LogP contribution in [0.1, 0.15) is 22.8 Å². The molecule has 1 aliphatic heterocycles. The van der Waals surface area contributed by atoms with E-state index in [1.165, 1.54) is 0 Å². The fraction of sp³-hybridized carbons (Fsp3) is 0.455. The Morgan fingerprint density at radius 2 is 1.66 bits per heavy atom. The van der Waals surface area contributed by atoms with E-state index in [-0.39, 0.29) is 0 Å². The van der Waals surface area contributed by atoms with Gasteiger partial charge in [0.15, 0.2) is 0 Å². The Morgan fingerprint density at radius 3 is 2.25 bits per heavy atom. The summed E-state index contributed by atoms with van der Waals surface area (Å²) in [5.74, 6) is 0.334. The molecule has 1 heterocycles. The Morgan fingerprint density at radius 1 is 1.00 bits per heavy atom. The predicted octanol–water partition coefficient (Wildman–Crippen LogP) is 1.70. The summed E-state index contributed by atoms with van der Waals surface area (Å²) in [6.45, 7) is -1.19. The van der Waals surface area contributed by atoms with Gasteiger partial charge in [-0.2, -0.15) is 0 Å². The van der Waals surface area contributed by atoms with E-state index < -0.39 is 50.2 Å². The SMILES string of the molecule is CO.OCC1OC(c2ccc(Cl)c(Cc3ccc(OCC(F)F)cc3)c2)[C@H](O)C(O)[C@@H]1O. The van der Waals surface area contributed by atoms with Gasteiger partial charge in [0.1, 0.15) is 42.9 Å². The van der Waals surface area contributed by atoms with Crippen LogP contribution in [0.25, 0.3) is 0 Å². The fourth-order valence-electron chi connectivity index (χ4n) is 3.37. The normalized spacial score (nSPS) is 25.2. The molecule has 32 heavy (non-hydrogen) atoms. The summed E-state index contributed by atoms with van der Waals surface area (Å²) in [6.07, 6.45) is -8.38. The lowest BCUT2D eigenvalue weighted by molar-refractivity contribution is -0.231. The predicted molar refractivity (Wildman–Crippen MR) is 113 cm³/mol. The van der Waals surface area contributed by atoms with Crippen molar-refractivity contribution in [2.45, 2.75) is 43.4 Å². The van der Waals surface area contributed by atoms with Crippen LogP contribution in [-0.4, -0.2) is 76.7 Å². The molecule has 0 aliphatic carbocycles. The summed E-state index contributed by atoms with van der Waals surface area (Å²) >= 11 is 6.30. The van der Waals surface area contributed by atoms with Crippen molar-refractivity contribution in [2.24, 2.45) is 0 Å². The molecule has 0 spiro atoms. The summed E-state index contributed by atoms with van der Waals surface area (Å²) in [6, 6.07) is 11.6. The molecule has 3 rings (SSSR count). The maximum absolute atomic E-state index is 12.2. The average molecular weight is 477 g/mol. The number of halogens is 3. The smallest absolute Gasteiger partial charge is 0.272 e. The number of rotatable bonds is 7.